The van der Waals surface area contributed by atoms with E-state index in [0.717, 1.165) is 22.6 Å². The van der Waals surface area contributed by atoms with Gasteiger partial charge in [0.25, 0.3) is 0 Å². The van der Waals surface area contributed by atoms with E-state index in [0.29, 0.717) is 23.2 Å². The van der Waals surface area contributed by atoms with Gasteiger partial charge in [0.1, 0.15) is 4.99 Å². The van der Waals surface area contributed by atoms with Gasteiger partial charge in [-0.15, -0.1) is 0 Å². The smallest absolute Gasteiger partial charge is 0.245 e. The van der Waals surface area contributed by atoms with Crippen LogP contribution in [-0.4, -0.2) is 20.1 Å². The van der Waals surface area contributed by atoms with Crippen molar-refractivity contribution in [1.29, 1.82) is 0 Å². The van der Waals surface area contributed by atoms with Crippen LogP contribution in [0.5, 0.6) is 0 Å². The molecule has 0 saturated carbocycles. The average Bonchev–Trinajstić information content (AvgIpc) is 2.71. The molecule has 2 rings (SSSR count). The molecule has 2 aromatic heterocycles. The van der Waals surface area contributed by atoms with Crippen LogP contribution >= 0.6 is 12.2 Å². The molecule has 7 heteroatoms. The van der Waals surface area contributed by atoms with Crippen molar-refractivity contribution in [2.75, 3.05) is 5.32 Å². The van der Waals surface area contributed by atoms with Crippen LogP contribution in [-0.2, 0) is 6.54 Å². The third-order valence-corrected chi connectivity index (χ3v) is 2.78. The summed E-state index contributed by atoms with van der Waals surface area (Å²) in [4.78, 5) is 8.79. The van der Waals surface area contributed by atoms with Gasteiger partial charge in [0.15, 0.2) is 5.82 Å². The van der Waals surface area contributed by atoms with Crippen molar-refractivity contribution in [3.05, 3.63) is 34.7 Å². The third kappa shape index (κ3) is 3.05. The van der Waals surface area contributed by atoms with E-state index < -0.39 is 0 Å². The van der Waals surface area contributed by atoms with E-state index in [1.807, 2.05) is 19.9 Å². The predicted molar refractivity (Wildman–Crippen MR) is 76.0 cm³/mol. The predicted octanol–water partition coefficient (Wildman–Crippen LogP) is 1.64. The minimum atomic E-state index is 0.314. The van der Waals surface area contributed by atoms with Gasteiger partial charge in [-0.3, -0.25) is 4.98 Å². The molecule has 0 unspecified atom stereocenters. The number of anilines is 1. The molecule has 0 aliphatic heterocycles. The Balaban J connectivity index is 2.26. The van der Waals surface area contributed by atoms with Crippen molar-refractivity contribution in [2.45, 2.75) is 27.3 Å². The molecule has 0 atom stereocenters. The molecule has 3 N–H and O–H groups in total. The Morgan fingerprint density at radius 1 is 1.37 bits per heavy atom. The lowest BCUT2D eigenvalue weighted by molar-refractivity contribution is 0.379. The largest absolute Gasteiger partial charge is 0.389 e. The van der Waals surface area contributed by atoms with Crippen LogP contribution in [0.1, 0.15) is 28.7 Å². The summed E-state index contributed by atoms with van der Waals surface area (Å²) in [6.45, 7) is 5.98. The maximum atomic E-state index is 5.74. The Morgan fingerprint density at radius 3 is 2.68 bits per heavy atom. The fourth-order valence-corrected chi connectivity index (χ4v) is 2.12. The van der Waals surface area contributed by atoms with Crippen molar-refractivity contribution in [1.82, 2.24) is 15.1 Å². The van der Waals surface area contributed by atoms with Gasteiger partial charge in [-0.05, 0) is 26.8 Å². The maximum Gasteiger partial charge on any atom is 0.245 e. The molecule has 0 spiro atoms. The molecular weight excluding hydrogens is 262 g/mol. The fourth-order valence-electron chi connectivity index (χ4n) is 1.86. The Hall–Kier alpha value is -2.02. The van der Waals surface area contributed by atoms with Crippen LogP contribution in [0.3, 0.4) is 0 Å². The summed E-state index contributed by atoms with van der Waals surface area (Å²) in [6, 6.07) is 1.89. The first-order valence-electron chi connectivity index (χ1n) is 5.78. The number of nitrogens with two attached hydrogens (primary N) is 1. The number of aromatic nitrogens is 3. The number of nitrogens with one attached hydrogen (secondary N) is 1. The Morgan fingerprint density at radius 2 is 2.11 bits per heavy atom. The second-order valence-electron chi connectivity index (χ2n) is 4.22. The van der Waals surface area contributed by atoms with Gasteiger partial charge in [0.05, 0.1) is 12.1 Å². The van der Waals surface area contributed by atoms with E-state index in [9.17, 15) is 0 Å². The lowest BCUT2D eigenvalue weighted by Crippen LogP contribution is -2.16. The molecule has 0 aliphatic rings. The second-order valence-corrected chi connectivity index (χ2v) is 4.66. The summed E-state index contributed by atoms with van der Waals surface area (Å²) in [6.07, 6.45) is 0. The highest BCUT2D eigenvalue weighted by Gasteiger charge is 2.12. The first kappa shape index (κ1) is 13.4. The van der Waals surface area contributed by atoms with Gasteiger partial charge in [-0.1, -0.05) is 17.4 Å². The Labute approximate surface area is 116 Å². The first-order chi connectivity index (χ1) is 8.97. The van der Waals surface area contributed by atoms with E-state index >= 15 is 0 Å². The number of thiocarbonyl (C=S) groups is 1. The number of hydrogen-bond donors (Lipinski definition) is 2. The minimum absolute atomic E-state index is 0.314. The fraction of sp³-hybridized carbons (Fsp3) is 0.333. The lowest BCUT2D eigenvalue weighted by atomic mass is 10.1. The monoisotopic (exact) mass is 277 g/mol. The molecule has 0 bridgehead atoms. The maximum absolute atomic E-state index is 5.74. The molecule has 0 aromatic carbocycles. The molecule has 100 valence electrons. The van der Waals surface area contributed by atoms with Crippen molar-refractivity contribution in [2.24, 2.45) is 5.73 Å². The van der Waals surface area contributed by atoms with Gasteiger partial charge in [-0.2, -0.15) is 4.98 Å². The van der Waals surface area contributed by atoms with E-state index in [2.05, 4.69) is 20.4 Å². The van der Waals surface area contributed by atoms with E-state index in [4.69, 9.17) is 22.5 Å². The summed E-state index contributed by atoms with van der Waals surface area (Å²) in [7, 11) is 0. The van der Waals surface area contributed by atoms with Gasteiger partial charge in [0.2, 0.25) is 5.89 Å². The van der Waals surface area contributed by atoms with Crippen LogP contribution < -0.4 is 11.1 Å². The van der Waals surface area contributed by atoms with Gasteiger partial charge < -0.3 is 15.6 Å². The topological polar surface area (TPSA) is 89.9 Å². The molecular formula is C12H15N5OS. The van der Waals surface area contributed by atoms with Crippen molar-refractivity contribution in [3.8, 4) is 0 Å². The van der Waals surface area contributed by atoms with Crippen LogP contribution in [0, 0.1) is 20.8 Å². The summed E-state index contributed by atoms with van der Waals surface area (Å²) in [5.41, 5.74) is 9.01. The molecule has 2 heterocycles. The first-order valence-corrected chi connectivity index (χ1v) is 6.19. The number of hydrogen-bond acceptors (Lipinski definition) is 6. The highest BCUT2D eigenvalue weighted by Crippen LogP contribution is 2.20. The SMILES string of the molecule is Cc1cc(NCc2nc(C)no2)c(C(N)=S)c(C)n1. The van der Waals surface area contributed by atoms with Crippen LogP contribution in [0.15, 0.2) is 10.6 Å². The summed E-state index contributed by atoms with van der Waals surface area (Å²) in [5, 5.41) is 6.93. The standard InChI is InChI=1S/C12H15N5OS/c1-6-4-9(11(12(13)19)7(2)15-6)14-5-10-16-8(3)17-18-10/h4H,5H2,1-3H3,(H2,13,19)(H,14,15). The normalized spacial score (nSPS) is 10.5. The summed E-state index contributed by atoms with van der Waals surface area (Å²) in [5.74, 6) is 1.12. The highest BCUT2D eigenvalue weighted by molar-refractivity contribution is 7.80. The molecule has 0 radical (unpaired) electrons. The quantitative estimate of drug-likeness (QED) is 0.821. The van der Waals surface area contributed by atoms with Gasteiger partial charge in [0, 0.05) is 17.1 Å². The number of nitrogens with zero attached hydrogens (tertiary/aromatic N) is 3. The third-order valence-electron chi connectivity index (χ3n) is 2.57. The van der Waals surface area contributed by atoms with E-state index in [-0.39, 0.29) is 0 Å². The number of rotatable bonds is 4. The molecule has 0 saturated heterocycles. The zero-order valence-corrected chi connectivity index (χ0v) is 11.8. The molecule has 0 amide bonds. The highest BCUT2D eigenvalue weighted by atomic mass is 32.1. The molecule has 6 nitrogen and oxygen atoms in total. The van der Waals surface area contributed by atoms with Crippen molar-refractivity contribution in [3.63, 3.8) is 0 Å². The number of pyridine rings is 1. The lowest BCUT2D eigenvalue weighted by Gasteiger charge is -2.13. The Kier molecular flexibility index (Phi) is 3.75. The van der Waals surface area contributed by atoms with Gasteiger partial charge >= 0.3 is 0 Å². The molecule has 2 aromatic rings. The van der Waals surface area contributed by atoms with E-state index in [1.54, 1.807) is 6.92 Å². The molecule has 0 aliphatic carbocycles. The van der Waals surface area contributed by atoms with Gasteiger partial charge in [-0.25, -0.2) is 0 Å². The average molecular weight is 277 g/mol. The second kappa shape index (κ2) is 5.31. The minimum Gasteiger partial charge on any atom is -0.389 e. The molecule has 0 fully saturated rings. The van der Waals surface area contributed by atoms with Crippen molar-refractivity contribution >= 4 is 22.9 Å². The van der Waals surface area contributed by atoms with Crippen LogP contribution in [0.4, 0.5) is 5.69 Å². The summed E-state index contributed by atoms with van der Waals surface area (Å²) < 4.78 is 5.04. The molecule has 19 heavy (non-hydrogen) atoms. The summed E-state index contributed by atoms with van der Waals surface area (Å²) >= 11 is 5.06. The zero-order valence-electron chi connectivity index (χ0n) is 11.0. The number of aryl methyl sites for hydroxylation is 3. The zero-order chi connectivity index (χ0) is 14.0. The van der Waals surface area contributed by atoms with Crippen molar-refractivity contribution < 1.29 is 4.52 Å². The Bertz CT molecular complexity index is 623. The van der Waals surface area contributed by atoms with Crippen LogP contribution in [0.25, 0.3) is 0 Å². The van der Waals surface area contributed by atoms with Crippen LogP contribution in [0.2, 0.25) is 0 Å². The van der Waals surface area contributed by atoms with E-state index in [1.165, 1.54) is 0 Å².